The lowest BCUT2D eigenvalue weighted by molar-refractivity contribution is -0.126. The van der Waals surface area contributed by atoms with Crippen LogP contribution in [0.4, 0.5) is 0 Å². The molecule has 0 radical (unpaired) electrons. The predicted molar refractivity (Wildman–Crippen MR) is 66.2 cm³/mol. The quantitative estimate of drug-likeness (QED) is 0.703. The monoisotopic (exact) mass is 243 g/mol. The molecular weight excluding hydrogens is 218 g/mol. The lowest BCUT2D eigenvalue weighted by atomic mass is 9.91. The molecule has 0 amide bonds. The van der Waals surface area contributed by atoms with Crippen molar-refractivity contribution >= 4 is 0 Å². The number of methoxy groups -OCH3 is 2. The molecule has 0 aromatic rings. The minimum absolute atomic E-state index is 0.446. The largest absolute Gasteiger partial charge is 0.383 e. The van der Waals surface area contributed by atoms with Crippen molar-refractivity contribution in [3.05, 3.63) is 0 Å². The van der Waals surface area contributed by atoms with Crippen LogP contribution >= 0.6 is 0 Å². The van der Waals surface area contributed by atoms with Gasteiger partial charge in [-0.2, -0.15) is 0 Å². The second-order valence-electron chi connectivity index (χ2n) is 5.12. The Morgan fingerprint density at radius 2 is 1.71 bits per heavy atom. The zero-order valence-electron chi connectivity index (χ0n) is 11.1. The van der Waals surface area contributed by atoms with Crippen molar-refractivity contribution in [3.8, 4) is 0 Å². The summed E-state index contributed by atoms with van der Waals surface area (Å²) in [6, 6.07) is 0. The molecule has 2 fully saturated rings. The van der Waals surface area contributed by atoms with Crippen LogP contribution in [0.3, 0.4) is 0 Å². The van der Waals surface area contributed by atoms with Crippen molar-refractivity contribution < 1.29 is 14.2 Å². The summed E-state index contributed by atoms with van der Waals surface area (Å²) in [6.07, 6.45) is 5.87. The Morgan fingerprint density at radius 3 is 2.29 bits per heavy atom. The number of ether oxygens (including phenoxy) is 3. The number of piperidine rings is 1. The molecule has 0 unspecified atom stereocenters. The molecule has 1 heterocycles. The SMILES string of the molecule is COCCN1CCC(OC2CC(OC)C2)CC1. The van der Waals surface area contributed by atoms with E-state index >= 15 is 0 Å². The van der Waals surface area contributed by atoms with E-state index in [0.29, 0.717) is 18.3 Å². The van der Waals surface area contributed by atoms with Crippen molar-refractivity contribution in [2.75, 3.05) is 40.5 Å². The molecule has 4 nitrogen and oxygen atoms in total. The summed E-state index contributed by atoms with van der Waals surface area (Å²) >= 11 is 0. The number of rotatable bonds is 6. The predicted octanol–water partition coefficient (Wildman–Crippen LogP) is 1.29. The molecule has 0 aromatic carbocycles. The topological polar surface area (TPSA) is 30.9 Å². The summed E-state index contributed by atoms with van der Waals surface area (Å²) in [5.41, 5.74) is 0. The van der Waals surface area contributed by atoms with Gasteiger partial charge >= 0.3 is 0 Å². The summed E-state index contributed by atoms with van der Waals surface area (Å²) in [6.45, 7) is 4.19. The summed E-state index contributed by atoms with van der Waals surface area (Å²) in [5, 5.41) is 0. The fraction of sp³-hybridized carbons (Fsp3) is 1.00. The van der Waals surface area contributed by atoms with Crippen LogP contribution < -0.4 is 0 Å². The molecule has 2 rings (SSSR count). The summed E-state index contributed by atoms with van der Waals surface area (Å²) < 4.78 is 16.4. The first-order chi connectivity index (χ1) is 8.31. The van der Waals surface area contributed by atoms with Gasteiger partial charge in [0.15, 0.2) is 0 Å². The molecule has 17 heavy (non-hydrogen) atoms. The molecule has 1 saturated carbocycles. The van der Waals surface area contributed by atoms with Gasteiger partial charge in [0, 0.05) is 33.9 Å². The summed E-state index contributed by atoms with van der Waals surface area (Å²) in [7, 11) is 3.55. The highest BCUT2D eigenvalue weighted by Crippen LogP contribution is 2.28. The second-order valence-corrected chi connectivity index (χ2v) is 5.12. The second kappa shape index (κ2) is 6.69. The Bertz CT molecular complexity index is 211. The summed E-state index contributed by atoms with van der Waals surface area (Å²) in [4.78, 5) is 2.46. The molecule has 1 saturated heterocycles. The van der Waals surface area contributed by atoms with Crippen molar-refractivity contribution in [2.24, 2.45) is 0 Å². The minimum Gasteiger partial charge on any atom is -0.383 e. The van der Waals surface area contributed by atoms with Gasteiger partial charge in [-0.3, -0.25) is 0 Å². The van der Waals surface area contributed by atoms with Crippen LogP contribution in [-0.2, 0) is 14.2 Å². The Hall–Kier alpha value is -0.160. The number of likely N-dealkylation sites (tertiary alicyclic amines) is 1. The standard InChI is InChI=1S/C13H25NO3/c1-15-8-7-14-5-3-11(4-6-14)17-13-9-12(10-13)16-2/h11-13H,3-10H2,1-2H3. The average Bonchev–Trinajstić information content (AvgIpc) is 2.32. The minimum atomic E-state index is 0.446. The molecule has 0 bridgehead atoms. The lowest BCUT2D eigenvalue weighted by Gasteiger charge is -2.39. The van der Waals surface area contributed by atoms with E-state index in [1.165, 1.54) is 0 Å². The Kier molecular flexibility index (Phi) is 5.22. The van der Waals surface area contributed by atoms with E-state index in [1.54, 1.807) is 14.2 Å². The number of hydrogen-bond acceptors (Lipinski definition) is 4. The Labute approximate surface area is 104 Å². The van der Waals surface area contributed by atoms with Crippen molar-refractivity contribution in [1.82, 2.24) is 4.90 Å². The third kappa shape index (κ3) is 3.91. The maximum absolute atomic E-state index is 6.07. The molecule has 0 atom stereocenters. The van der Waals surface area contributed by atoms with Crippen LogP contribution in [0.15, 0.2) is 0 Å². The van der Waals surface area contributed by atoms with Crippen LogP contribution in [0.1, 0.15) is 25.7 Å². The lowest BCUT2D eigenvalue weighted by Crippen LogP contribution is -2.43. The van der Waals surface area contributed by atoms with E-state index in [4.69, 9.17) is 14.2 Å². The van der Waals surface area contributed by atoms with Crippen molar-refractivity contribution in [3.63, 3.8) is 0 Å². The van der Waals surface area contributed by atoms with Crippen LogP contribution in [0, 0.1) is 0 Å². The van der Waals surface area contributed by atoms with Crippen molar-refractivity contribution in [1.29, 1.82) is 0 Å². The molecule has 0 spiro atoms. The van der Waals surface area contributed by atoms with Gasteiger partial charge in [0.25, 0.3) is 0 Å². The zero-order valence-corrected chi connectivity index (χ0v) is 11.1. The molecule has 1 aliphatic carbocycles. The number of hydrogen-bond donors (Lipinski definition) is 0. The summed E-state index contributed by atoms with van der Waals surface area (Å²) in [5.74, 6) is 0. The van der Waals surface area contributed by atoms with E-state index in [9.17, 15) is 0 Å². The van der Waals surface area contributed by atoms with E-state index < -0.39 is 0 Å². The highest BCUT2D eigenvalue weighted by Gasteiger charge is 2.32. The number of nitrogens with zero attached hydrogens (tertiary/aromatic N) is 1. The van der Waals surface area contributed by atoms with E-state index in [1.807, 2.05) is 0 Å². The molecule has 2 aliphatic rings. The van der Waals surface area contributed by atoms with Crippen molar-refractivity contribution in [2.45, 2.75) is 44.0 Å². The maximum Gasteiger partial charge on any atom is 0.0628 e. The fourth-order valence-electron chi connectivity index (χ4n) is 2.58. The Morgan fingerprint density at radius 1 is 1.00 bits per heavy atom. The maximum atomic E-state index is 6.07. The van der Waals surface area contributed by atoms with Gasteiger partial charge in [-0.25, -0.2) is 0 Å². The van der Waals surface area contributed by atoms with Gasteiger partial charge in [0.05, 0.1) is 24.9 Å². The van der Waals surface area contributed by atoms with Gasteiger partial charge in [0.1, 0.15) is 0 Å². The first kappa shape index (κ1) is 13.3. The highest BCUT2D eigenvalue weighted by molar-refractivity contribution is 4.83. The zero-order chi connectivity index (χ0) is 12.1. The normalized spacial score (nSPS) is 31.4. The molecular formula is C13H25NO3. The molecule has 0 N–H and O–H groups in total. The van der Waals surface area contributed by atoms with Gasteiger partial charge < -0.3 is 19.1 Å². The molecule has 0 aromatic heterocycles. The molecule has 4 heteroatoms. The van der Waals surface area contributed by atoms with E-state index in [2.05, 4.69) is 4.90 Å². The van der Waals surface area contributed by atoms with Gasteiger partial charge in [0.2, 0.25) is 0 Å². The molecule has 1 aliphatic heterocycles. The van der Waals surface area contributed by atoms with Crippen LogP contribution in [0.5, 0.6) is 0 Å². The smallest absolute Gasteiger partial charge is 0.0628 e. The van der Waals surface area contributed by atoms with Gasteiger partial charge in [-0.1, -0.05) is 0 Å². The van der Waals surface area contributed by atoms with E-state index in [-0.39, 0.29) is 0 Å². The fourth-order valence-corrected chi connectivity index (χ4v) is 2.58. The van der Waals surface area contributed by atoms with Crippen LogP contribution in [0.25, 0.3) is 0 Å². The van der Waals surface area contributed by atoms with Crippen LogP contribution in [-0.4, -0.2) is 63.7 Å². The van der Waals surface area contributed by atoms with Crippen LogP contribution in [0.2, 0.25) is 0 Å². The average molecular weight is 243 g/mol. The third-order valence-electron chi connectivity index (χ3n) is 3.92. The third-order valence-corrected chi connectivity index (χ3v) is 3.92. The van der Waals surface area contributed by atoms with Gasteiger partial charge in [-0.15, -0.1) is 0 Å². The first-order valence-corrected chi connectivity index (χ1v) is 6.71. The Balaban J connectivity index is 1.56. The molecule has 100 valence electrons. The van der Waals surface area contributed by atoms with E-state index in [0.717, 1.165) is 51.9 Å². The first-order valence-electron chi connectivity index (χ1n) is 6.71. The van der Waals surface area contributed by atoms with Gasteiger partial charge in [-0.05, 0) is 25.7 Å². The highest BCUT2D eigenvalue weighted by atomic mass is 16.5.